The summed E-state index contributed by atoms with van der Waals surface area (Å²) in [5, 5.41) is 0. The molecule has 1 nitrogen and oxygen atoms in total. The normalized spacial score (nSPS) is 23.8. The van der Waals surface area contributed by atoms with E-state index in [1.54, 1.807) is 0 Å². The van der Waals surface area contributed by atoms with Gasteiger partial charge in [-0.25, -0.2) is 0 Å². The van der Waals surface area contributed by atoms with Crippen LogP contribution in [0.25, 0.3) is 0 Å². The van der Waals surface area contributed by atoms with Crippen molar-refractivity contribution >= 4 is 0 Å². The number of benzene rings is 1. The number of allylic oxidation sites excluding steroid dienone is 2. The molecule has 0 spiro atoms. The van der Waals surface area contributed by atoms with Crippen LogP contribution in [-0.4, -0.2) is 6.61 Å². The lowest BCUT2D eigenvalue weighted by atomic mass is 9.73. The van der Waals surface area contributed by atoms with Gasteiger partial charge in [-0.15, -0.1) is 0 Å². The molecule has 1 fully saturated rings. The van der Waals surface area contributed by atoms with Gasteiger partial charge in [0.25, 0.3) is 0 Å². The third kappa shape index (κ3) is 4.58. The monoisotopic (exact) mass is 298 g/mol. The highest BCUT2D eigenvalue weighted by Gasteiger charge is 2.37. The first-order valence-corrected chi connectivity index (χ1v) is 8.37. The summed E-state index contributed by atoms with van der Waals surface area (Å²) in [6, 6.07) is 10.6. The van der Waals surface area contributed by atoms with Crippen molar-refractivity contribution in [2.45, 2.75) is 53.1 Å². The summed E-state index contributed by atoms with van der Waals surface area (Å²) in [5.41, 5.74) is 4.23. The number of hydrogen-bond acceptors (Lipinski definition) is 1. The molecule has 1 saturated heterocycles. The molecule has 120 valence electrons. The standard InChI is InChI=1S/C21H30O/c1-16(2)10-9-11-17(3)19-14-21(4,5)15-22-20(19)18-12-7-6-8-13-18/h6-8,10,12-13,19-20H,3,9,11,14-15H2,1-2,4-5H3/t19-,20+/m1/s1. The predicted molar refractivity (Wildman–Crippen MR) is 94.8 cm³/mol. The van der Waals surface area contributed by atoms with Gasteiger partial charge in [0, 0.05) is 5.92 Å². The maximum absolute atomic E-state index is 6.26. The Labute approximate surface area is 136 Å². The van der Waals surface area contributed by atoms with Crippen molar-refractivity contribution in [2.75, 3.05) is 6.61 Å². The third-order valence-corrected chi connectivity index (χ3v) is 4.46. The van der Waals surface area contributed by atoms with Crippen molar-refractivity contribution in [3.63, 3.8) is 0 Å². The van der Waals surface area contributed by atoms with Crippen molar-refractivity contribution in [1.29, 1.82) is 0 Å². The van der Waals surface area contributed by atoms with Crippen LogP contribution in [0.3, 0.4) is 0 Å². The van der Waals surface area contributed by atoms with Crippen molar-refractivity contribution in [2.24, 2.45) is 11.3 Å². The molecule has 0 radical (unpaired) electrons. The van der Waals surface area contributed by atoms with E-state index in [1.807, 2.05) is 0 Å². The Morgan fingerprint density at radius 3 is 2.59 bits per heavy atom. The predicted octanol–water partition coefficient (Wildman–Crippen LogP) is 6.09. The highest BCUT2D eigenvalue weighted by Crippen LogP contribution is 2.45. The second-order valence-corrected chi connectivity index (χ2v) is 7.60. The van der Waals surface area contributed by atoms with Gasteiger partial charge < -0.3 is 4.74 Å². The minimum absolute atomic E-state index is 0.161. The van der Waals surface area contributed by atoms with Crippen LogP contribution in [0.4, 0.5) is 0 Å². The summed E-state index contributed by atoms with van der Waals surface area (Å²) in [5.74, 6) is 0.414. The molecular weight excluding hydrogens is 268 g/mol. The average Bonchev–Trinajstić information content (AvgIpc) is 2.46. The Hall–Kier alpha value is -1.34. The van der Waals surface area contributed by atoms with Crippen molar-refractivity contribution < 1.29 is 4.74 Å². The van der Waals surface area contributed by atoms with Gasteiger partial charge in [-0.3, -0.25) is 0 Å². The zero-order valence-electron chi connectivity index (χ0n) is 14.6. The van der Waals surface area contributed by atoms with E-state index >= 15 is 0 Å². The summed E-state index contributed by atoms with van der Waals surface area (Å²) in [7, 11) is 0. The first-order chi connectivity index (χ1) is 10.4. The maximum atomic E-state index is 6.26. The molecule has 0 saturated carbocycles. The smallest absolute Gasteiger partial charge is 0.0890 e. The van der Waals surface area contributed by atoms with E-state index in [1.165, 1.54) is 16.7 Å². The topological polar surface area (TPSA) is 9.23 Å². The van der Waals surface area contributed by atoms with Gasteiger partial charge >= 0.3 is 0 Å². The first-order valence-electron chi connectivity index (χ1n) is 8.37. The maximum Gasteiger partial charge on any atom is 0.0890 e. The molecule has 0 N–H and O–H groups in total. The molecule has 22 heavy (non-hydrogen) atoms. The molecule has 0 amide bonds. The summed E-state index contributed by atoms with van der Waals surface area (Å²) in [6.07, 6.45) is 5.75. The molecule has 1 aliphatic heterocycles. The molecule has 0 unspecified atom stereocenters. The Morgan fingerprint density at radius 2 is 1.95 bits per heavy atom. The molecule has 1 aromatic rings. The largest absolute Gasteiger partial charge is 0.372 e. The summed E-state index contributed by atoms with van der Waals surface area (Å²) in [6.45, 7) is 14.1. The van der Waals surface area contributed by atoms with Gasteiger partial charge in [0.15, 0.2) is 0 Å². The zero-order chi connectivity index (χ0) is 16.2. The van der Waals surface area contributed by atoms with Crippen LogP contribution in [0, 0.1) is 11.3 Å². The lowest BCUT2D eigenvalue weighted by molar-refractivity contribution is -0.0788. The SMILES string of the molecule is C=C(CCC=C(C)C)[C@H]1CC(C)(C)CO[C@H]1c1ccccc1. The Morgan fingerprint density at radius 1 is 1.27 bits per heavy atom. The Balaban J connectivity index is 2.14. The highest BCUT2D eigenvalue weighted by atomic mass is 16.5. The van der Waals surface area contributed by atoms with Crippen LogP contribution in [0.15, 0.2) is 54.1 Å². The van der Waals surface area contributed by atoms with Gasteiger partial charge in [0.2, 0.25) is 0 Å². The molecule has 0 bridgehead atoms. The van der Waals surface area contributed by atoms with Gasteiger partial charge in [0.05, 0.1) is 12.7 Å². The van der Waals surface area contributed by atoms with Gasteiger partial charge in [-0.05, 0) is 44.1 Å². The van der Waals surface area contributed by atoms with Crippen LogP contribution in [0.5, 0.6) is 0 Å². The molecule has 0 aromatic heterocycles. The summed E-state index contributed by atoms with van der Waals surface area (Å²) < 4.78 is 6.26. The number of hydrogen-bond donors (Lipinski definition) is 0. The van der Waals surface area contributed by atoms with E-state index in [0.29, 0.717) is 5.92 Å². The van der Waals surface area contributed by atoms with E-state index in [-0.39, 0.29) is 11.5 Å². The zero-order valence-corrected chi connectivity index (χ0v) is 14.6. The van der Waals surface area contributed by atoms with Crippen LogP contribution < -0.4 is 0 Å². The second kappa shape index (κ2) is 7.28. The van der Waals surface area contributed by atoms with Gasteiger partial charge in [0.1, 0.15) is 0 Å². The lowest BCUT2D eigenvalue weighted by Crippen LogP contribution is -2.35. The van der Waals surface area contributed by atoms with Crippen molar-refractivity contribution in [3.8, 4) is 0 Å². The number of ether oxygens (including phenoxy) is 1. The molecular formula is C21H30O. The van der Waals surface area contributed by atoms with Crippen LogP contribution in [-0.2, 0) is 4.74 Å². The fraction of sp³-hybridized carbons (Fsp3) is 0.524. The van der Waals surface area contributed by atoms with E-state index < -0.39 is 0 Å². The fourth-order valence-corrected chi connectivity index (χ4v) is 3.25. The molecule has 0 aliphatic carbocycles. The molecule has 1 aromatic carbocycles. The quantitative estimate of drug-likeness (QED) is 0.597. The number of rotatable bonds is 5. The Kier molecular flexibility index (Phi) is 5.63. The molecule has 1 heterocycles. The molecule has 2 atom stereocenters. The Bertz CT molecular complexity index is 520. The molecule has 1 heteroatoms. The van der Waals surface area contributed by atoms with Gasteiger partial charge in [-0.1, -0.05) is 68.0 Å². The molecule has 1 aliphatic rings. The van der Waals surface area contributed by atoms with Crippen LogP contribution in [0.1, 0.15) is 58.6 Å². The summed E-state index contributed by atoms with van der Waals surface area (Å²) >= 11 is 0. The lowest BCUT2D eigenvalue weighted by Gasteiger charge is -2.42. The van der Waals surface area contributed by atoms with E-state index in [0.717, 1.165) is 25.9 Å². The van der Waals surface area contributed by atoms with Crippen molar-refractivity contribution in [1.82, 2.24) is 0 Å². The average molecular weight is 298 g/mol. The van der Waals surface area contributed by atoms with E-state index in [9.17, 15) is 0 Å². The first kappa shape index (κ1) is 17.0. The van der Waals surface area contributed by atoms with Gasteiger partial charge in [-0.2, -0.15) is 0 Å². The van der Waals surface area contributed by atoms with E-state index in [4.69, 9.17) is 4.74 Å². The van der Waals surface area contributed by atoms with E-state index in [2.05, 4.69) is 70.7 Å². The minimum Gasteiger partial charge on any atom is -0.372 e. The van der Waals surface area contributed by atoms with Crippen molar-refractivity contribution in [3.05, 3.63) is 59.7 Å². The minimum atomic E-state index is 0.161. The summed E-state index contributed by atoms with van der Waals surface area (Å²) in [4.78, 5) is 0. The van der Waals surface area contributed by atoms with Crippen LogP contribution >= 0.6 is 0 Å². The molecule has 2 rings (SSSR count). The third-order valence-electron chi connectivity index (χ3n) is 4.46. The fourth-order valence-electron chi connectivity index (χ4n) is 3.25. The second-order valence-electron chi connectivity index (χ2n) is 7.60. The highest BCUT2D eigenvalue weighted by molar-refractivity contribution is 5.23. The van der Waals surface area contributed by atoms with Crippen LogP contribution in [0.2, 0.25) is 0 Å².